The minimum Gasteiger partial charge on any atom is -0.466 e. The van der Waals surface area contributed by atoms with Gasteiger partial charge in [0.25, 0.3) is 0 Å². The second-order valence-electron chi connectivity index (χ2n) is 4.57. The number of para-hydroxylation sites is 2. The molecule has 0 spiro atoms. The average Bonchev–Trinajstić information content (AvgIpc) is 2.50. The van der Waals surface area contributed by atoms with Crippen molar-refractivity contribution in [1.29, 1.82) is 0 Å². The molecule has 5 nitrogen and oxygen atoms in total. The zero-order valence-corrected chi connectivity index (χ0v) is 12.2. The van der Waals surface area contributed by atoms with Crippen LogP contribution in [0.4, 0.5) is 11.4 Å². The molecule has 0 saturated carbocycles. The molecule has 1 aliphatic rings. The van der Waals surface area contributed by atoms with Crippen molar-refractivity contribution < 1.29 is 14.6 Å². The summed E-state index contributed by atoms with van der Waals surface area (Å²) in [6.07, 6.45) is 1.68. The molecular weight excluding hydrogens is 256 g/mol. The molecule has 1 aromatic rings. The molecule has 3 N–H and O–H groups in total. The lowest BCUT2D eigenvalue weighted by molar-refractivity contribution is -0.148. The van der Waals surface area contributed by atoms with Crippen LogP contribution in [0.3, 0.4) is 0 Å². The van der Waals surface area contributed by atoms with Gasteiger partial charge in [-0.15, -0.1) is 0 Å². The van der Waals surface area contributed by atoms with E-state index in [1.165, 1.54) is 0 Å². The van der Waals surface area contributed by atoms with Crippen LogP contribution in [0.25, 0.3) is 0 Å². The molecule has 2 rings (SSSR count). The minimum atomic E-state index is -0.0572. The molecule has 0 unspecified atom stereocenters. The molecule has 0 aliphatic carbocycles. The number of nitrogens with two attached hydrogens (primary N) is 1. The SMILES string of the molecule is CCOC(=O)C1CCN(c2ccccc2N)CC1.CO. The first kappa shape index (κ1) is 16.3. The van der Waals surface area contributed by atoms with E-state index in [2.05, 4.69) is 4.90 Å². The molecule has 0 bridgehead atoms. The van der Waals surface area contributed by atoms with Crippen LogP contribution in [-0.2, 0) is 9.53 Å². The number of aliphatic hydroxyl groups is 1. The summed E-state index contributed by atoms with van der Waals surface area (Å²) in [6.45, 7) is 4.03. The van der Waals surface area contributed by atoms with Crippen molar-refractivity contribution in [3.05, 3.63) is 24.3 Å². The summed E-state index contributed by atoms with van der Waals surface area (Å²) in [5, 5.41) is 7.00. The topological polar surface area (TPSA) is 75.8 Å². The number of nitrogen functional groups attached to an aromatic ring is 1. The quantitative estimate of drug-likeness (QED) is 0.650. The Morgan fingerprint density at radius 3 is 2.50 bits per heavy atom. The van der Waals surface area contributed by atoms with E-state index >= 15 is 0 Å². The summed E-state index contributed by atoms with van der Waals surface area (Å²) in [5.41, 5.74) is 7.83. The number of esters is 1. The van der Waals surface area contributed by atoms with E-state index in [4.69, 9.17) is 15.6 Å². The van der Waals surface area contributed by atoms with Gasteiger partial charge in [0.1, 0.15) is 0 Å². The second kappa shape index (κ2) is 8.43. The standard InChI is InChI=1S/C14H20N2O2.CH4O/c1-2-18-14(17)11-7-9-16(10-8-11)13-6-4-3-5-12(13)15;1-2/h3-6,11H,2,7-10,15H2,1H3;2H,1H3. The predicted octanol–water partition coefficient (Wildman–Crippen LogP) is 1.66. The Bertz CT molecular complexity index is 415. The molecule has 1 aromatic carbocycles. The van der Waals surface area contributed by atoms with Crippen molar-refractivity contribution >= 4 is 17.3 Å². The number of piperidine rings is 1. The number of benzene rings is 1. The maximum Gasteiger partial charge on any atom is 0.309 e. The Morgan fingerprint density at radius 1 is 1.35 bits per heavy atom. The Kier molecular flexibility index (Phi) is 6.87. The second-order valence-corrected chi connectivity index (χ2v) is 4.57. The summed E-state index contributed by atoms with van der Waals surface area (Å²) < 4.78 is 5.06. The van der Waals surface area contributed by atoms with Crippen LogP contribution in [0.5, 0.6) is 0 Å². The Morgan fingerprint density at radius 2 is 1.95 bits per heavy atom. The monoisotopic (exact) mass is 280 g/mol. The van der Waals surface area contributed by atoms with Crippen molar-refractivity contribution in [1.82, 2.24) is 0 Å². The van der Waals surface area contributed by atoms with E-state index in [0.717, 1.165) is 44.4 Å². The molecule has 0 aromatic heterocycles. The fourth-order valence-corrected chi connectivity index (χ4v) is 2.39. The van der Waals surface area contributed by atoms with Gasteiger partial charge in [0.2, 0.25) is 0 Å². The molecule has 1 aliphatic heterocycles. The maximum absolute atomic E-state index is 11.6. The van der Waals surface area contributed by atoms with Crippen LogP contribution in [0, 0.1) is 5.92 Å². The van der Waals surface area contributed by atoms with Crippen LogP contribution < -0.4 is 10.6 Å². The number of carbonyl (C=O) groups excluding carboxylic acids is 1. The Balaban J connectivity index is 0.000000956. The van der Waals surface area contributed by atoms with Crippen molar-refractivity contribution in [3.63, 3.8) is 0 Å². The van der Waals surface area contributed by atoms with Gasteiger partial charge in [-0.3, -0.25) is 4.79 Å². The highest BCUT2D eigenvalue weighted by molar-refractivity contribution is 5.73. The van der Waals surface area contributed by atoms with Gasteiger partial charge in [-0.2, -0.15) is 0 Å². The molecule has 1 saturated heterocycles. The van der Waals surface area contributed by atoms with Crippen molar-refractivity contribution in [2.75, 3.05) is 37.4 Å². The summed E-state index contributed by atoms with van der Waals surface area (Å²) in [4.78, 5) is 13.9. The number of nitrogens with zero attached hydrogens (tertiary/aromatic N) is 1. The van der Waals surface area contributed by atoms with Crippen LogP contribution in [0.2, 0.25) is 0 Å². The number of rotatable bonds is 3. The van der Waals surface area contributed by atoms with E-state index in [1.807, 2.05) is 31.2 Å². The van der Waals surface area contributed by atoms with Crippen molar-refractivity contribution in [3.8, 4) is 0 Å². The van der Waals surface area contributed by atoms with E-state index < -0.39 is 0 Å². The summed E-state index contributed by atoms with van der Waals surface area (Å²) in [5.74, 6) is -0.00989. The highest BCUT2D eigenvalue weighted by Crippen LogP contribution is 2.28. The first-order valence-corrected chi connectivity index (χ1v) is 6.93. The lowest BCUT2D eigenvalue weighted by Crippen LogP contribution is -2.37. The number of hydrogen-bond acceptors (Lipinski definition) is 5. The molecular formula is C15H24N2O3. The van der Waals surface area contributed by atoms with Crippen LogP contribution in [-0.4, -0.2) is 37.9 Å². The molecule has 1 heterocycles. The molecule has 5 heteroatoms. The molecule has 0 amide bonds. The molecule has 112 valence electrons. The summed E-state index contributed by atoms with van der Waals surface area (Å²) in [6, 6.07) is 7.86. The maximum atomic E-state index is 11.6. The first-order valence-electron chi connectivity index (χ1n) is 6.93. The molecule has 0 radical (unpaired) electrons. The lowest BCUT2D eigenvalue weighted by atomic mass is 9.96. The van der Waals surface area contributed by atoms with Crippen LogP contribution >= 0.6 is 0 Å². The number of hydrogen-bond donors (Lipinski definition) is 2. The third-order valence-corrected chi connectivity index (χ3v) is 3.39. The van der Waals surface area contributed by atoms with Gasteiger partial charge in [-0.25, -0.2) is 0 Å². The Labute approximate surface area is 120 Å². The van der Waals surface area contributed by atoms with Gasteiger partial charge in [0.15, 0.2) is 0 Å². The highest BCUT2D eigenvalue weighted by atomic mass is 16.5. The normalized spacial score (nSPS) is 15.2. The number of ether oxygens (including phenoxy) is 1. The van der Waals surface area contributed by atoms with Gasteiger partial charge in [-0.1, -0.05) is 12.1 Å². The third-order valence-electron chi connectivity index (χ3n) is 3.39. The average molecular weight is 280 g/mol. The first-order chi connectivity index (χ1) is 9.72. The van der Waals surface area contributed by atoms with Crippen LogP contribution in [0.1, 0.15) is 19.8 Å². The fourth-order valence-electron chi connectivity index (χ4n) is 2.39. The summed E-state index contributed by atoms with van der Waals surface area (Å²) in [7, 11) is 1.00. The van der Waals surface area contributed by atoms with Crippen molar-refractivity contribution in [2.24, 2.45) is 5.92 Å². The largest absolute Gasteiger partial charge is 0.466 e. The highest BCUT2D eigenvalue weighted by Gasteiger charge is 2.26. The number of anilines is 2. The van der Waals surface area contributed by atoms with E-state index in [0.29, 0.717) is 6.61 Å². The minimum absolute atomic E-state index is 0.0473. The smallest absolute Gasteiger partial charge is 0.309 e. The molecule has 20 heavy (non-hydrogen) atoms. The van der Waals surface area contributed by atoms with Gasteiger partial charge >= 0.3 is 5.97 Å². The third kappa shape index (κ3) is 4.13. The summed E-state index contributed by atoms with van der Waals surface area (Å²) >= 11 is 0. The van der Waals surface area contributed by atoms with Crippen LogP contribution in [0.15, 0.2) is 24.3 Å². The number of aliphatic hydroxyl groups excluding tert-OH is 1. The van der Waals surface area contributed by atoms with Gasteiger partial charge in [0, 0.05) is 20.2 Å². The predicted molar refractivity (Wildman–Crippen MR) is 80.6 cm³/mol. The van der Waals surface area contributed by atoms with E-state index in [1.54, 1.807) is 0 Å². The van der Waals surface area contributed by atoms with Gasteiger partial charge < -0.3 is 20.5 Å². The van der Waals surface area contributed by atoms with Gasteiger partial charge in [0.05, 0.1) is 23.9 Å². The van der Waals surface area contributed by atoms with E-state index in [-0.39, 0.29) is 11.9 Å². The zero-order chi connectivity index (χ0) is 15.0. The zero-order valence-electron chi connectivity index (χ0n) is 12.2. The fraction of sp³-hybridized carbons (Fsp3) is 0.533. The Hall–Kier alpha value is -1.75. The lowest BCUT2D eigenvalue weighted by Gasteiger charge is -2.33. The molecule has 1 fully saturated rings. The van der Waals surface area contributed by atoms with E-state index in [9.17, 15) is 4.79 Å². The van der Waals surface area contributed by atoms with Crippen molar-refractivity contribution in [2.45, 2.75) is 19.8 Å². The van der Waals surface area contributed by atoms with Gasteiger partial charge in [-0.05, 0) is 31.9 Å². The number of carbonyl (C=O) groups is 1. The molecule has 0 atom stereocenters.